The number of allylic oxidation sites excluding steroid dienone is 1. The molecular weight excluding hydrogens is 144 g/mol. The van der Waals surface area contributed by atoms with E-state index < -0.39 is 5.97 Å². The molecule has 0 aromatic carbocycles. The van der Waals surface area contributed by atoms with Crippen LogP contribution in [0.15, 0.2) is 6.08 Å². The summed E-state index contributed by atoms with van der Waals surface area (Å²) in [6.45, 7) is 3.60. The molecule has 0 atom stereocenters. The molecule has 0 saturated heterocycles. The van der Waals surface area contributed by atoms with E-state index in [0.717, 1.165) is 0 Å². The molecule has 11 heavy (non-hydrogen) atoms. The molecular formula is C8H12O3. The van der Waals surface area contributed by atoms with E-state index in [4.69, 9.17) is 5.11 Å². The van der Waals surface area contributed by atoms with Gasteiger partial charge in [0.15, 0.2) is 0 Å². The van der Waals surface area contributed by atoms with E-state index in [2.05, 4.69) is 0 Å². The summed E-state index contributed by atoms with van der Waals surface area (Å²) in [6, 6.07) is 0. The number of aliphatic carboxylic acids is 1. The average Bonchev–Trinajstić information content (AvgIpc) is 1.81. The van der Waals surface area contributed by atoms with Crippen molar-refractivity contribution in [2.24, 2.45) is 5.41 Å². The molecule has 0 heterocycles. The first-order valence-corrected chi connectivity index (χ1v) is 3.39. The predicted octanol–water partition coefficient (Wildman–Crippen LogP) is 1.27. The van der Waals surface area contributed by atoms with Crippen molar-refractivity contribution in [2.75, 3.05) is 0 Å². The smallest absolute Gasteiger partial charge is 0.303 e. The summed E-state index contributed by atoms with van der Waals surface area (Å²) in [7, 11) is 0. The van der Waals surface area contributed by atoms with Gasteiger partial charge in [-0.15, -0.1) is 0 Å². The number of rotatable bonds is 4. The highest BCUT2D eigenvalue weighted by Crippen LogP contribution is 2.24. The number of carboxylic acid groups (broad SMARTS) is 1. The van der Waals surface area contributed by atoms with Crippen molar-refractivity contribution in [1.82, 2.24) is 0 Å². The van der Waals surface area contributed by atoms with Crippen molar-refractivity contribution in [1.29, 1.82) is 0 Å². The SMILES string of the molecule is CC(C)(CC=C=O)CC(=O)O. The van der Waals surface area contributed by atoms with Crippen LogP contribution in [0.2, 0.25) is 0 Å². The minimum atomic E-state index is -0.839. The summed E-state index contributed by atoms with van der Waals surface area (Å²) in [5.74, 6) is 0.791. The van der Waals surface area contributed by atoms with Crippen LogP contribution in [-0.4, -0.2) is 17.0 Å². The Morgan fingerprint density at radius 3 is 2.55 bits per heavy atom. The van der Waals surface area contributed by atoms with Gasteiger partial charge in [0, 0.05) is 6.08 Å². The van der Waals surface area contributed by atoms with Crippen molar-refractivity contribution in [3.05, 3.63) is 6.08 Å². The van der Waals surface area contributed by atoms with E-state index in [9.17, 15) is 9.59 Å². The third-order valence-corrected chi connectivity index (χ3v) is 1.37. The second kappa shape index (κ2) is 3.94. The minimum absolute atomic E-state index is 0.0746. The van der Waals surface area contributed by atoms with Crippen LogP contribution in [0.1, 0.15) is 26.7 Å². The van der Waals surface area contributed by atoms with Gasteiger partial charge in [-0.25, -0.2) is 4.79 Å². The molecule has 0 unspecified atom stereocenters. The third-order valence-electron chi connectivity index (χ3n) is 1.37. The molecule has 0 saturated carbocycles. The lowest BCUT2D eigenvalue weighted by Gasteiger charge is -2.18. The fourth-order valence-electron chi connectivity index (χ4n) is 0.800. The number of hydrogen-bond donors (Lipinski definition) is 1. The van der Waals surface area contributed by atoms with Crippen LogP contribution < -0.4 is 0 Å². The average molecular weight is 156 g/mol. The molecule has 62 valence electrons. The topological polar surface area (TPSA) is 54.4 Å². The van der Waals surface area contributed by atoms with Gasteiger partial charge in [-0.1, -0.05) is 13.8 Å². The van der Waals surface area contributed by atoms with Gasteiger partial charge in [-0.2, -0.15) is 0 Å². The van der Waals surface area contributed by atoms with Crippen molar-refractivity contribution in [3.8, 4) is 0 Å². The van der Waals surface area contributed by atoms with Crippen molar-refractivity contribution < 1.29 is 14.7 Å². The zero-order chi connectivity index (χ0) is 8.91. The summed E-state index contributed by atoms with van der Waals surface area (Å²) in [5, 5.41) is 8.44. The lowest BCUT2D eigenvalue weighted by molar-refractivity contribution is -0.139. The lowest BCUT2D eigenvalue weighted by atomic mass is 9.86. The number of carbonyl (C=O) groups excluding carboxylic acids is 1. The third kappa shape index (κ3) is 5.37. The summed E-state index contributed by atoms with van der Waals surface area (Å²) < 4.78 is 0. The predicted molar refractivity (Wildman–Crippen MR) is 40.9 cm³/mol. The Morgan fingerprint density at radius 2 is 2.18 bits per heavy atom. The first-order chi connectivity index (χ1) is 4.98. The maximum atomic E-state index is 10.3. The van der Waals surface area contributed by atoms with Gasteiger partial charge in [-0.3, -0.25) is 4.79 Å². The number of carboxylic acids is 1. The van der Waals surface area contributed by atoms with Crippen molar-refractivity contribution in [3.63, 3.8) is 0 Å². The summed E-state index contributed by atoms with van der Waals surface area (Å²) >= 11 is 0. The molecule has 0 fully saturated rings. The van der Waals surface area contributed by atoms with E-state index in [1.807, 2.05) is 0 Å². The maximum absolute atomic E-state index is 10.3. The summed E-state index contributed by atoms with van der Waals surface area (Å²) in [4.78, 5) is 20.1. The van der Waals surface area contributed by atoms with Gasteiger partial charge in [0.05, 0.1) is 6.42 Å². The highest BCUT2D eigenvalue weighted by Gasteiger charge is 2.19. The summed E-state index contributed by atoms with van der Waals surface area (Å²) in [5.41, 5.74) is -0.344. The van der Waals surface area contributed by atoms with E-state index in [1.165, 1.54) is 6.08 Å². The van der Waals surface area contributed by atoms with Crippen LogP contribution in [0.3, 0.4) is 0 Å². The Bertz CT molecular complexity index is 182. The molecule has 0 spiro atoms. The second-order valence-electron chi connectivity index (χ2n) is 3.26. The van der Waals surface area contributed by atoms with Crippen LogP contribution in [-0.2, 0) is 9.59 Å². The van der Waals surface area contributed by atoms with Gasteiger partial charge >= 0.3 is 5.97 Å². The Kier molecular flexibility index (Phi) is 3.55. The van der Waals surface area contributed by atoms with Crippen LogP contribution in [0.5, 0.6) is 0 Å². The minimum Gasteiger partial charge on any atom is -0.481 e. The van der Waals surface area contributed by atoms with Gasteiger partial charge in [0.25, 0.3) is 0 Å². The van der Waals surface area contributed by atoms with Crippen LogP contribution in [0.4, 0.5) is 0 Å². The molecule has 0 radical (unpaired) electrons. The molecule has 0 aromatic heterocycles. The molecule has 1 N–H and O–H groups in total. The molecule has 0 aromatic rings. The fraction of sp³-hybridized carbons (Fsp3) is 0.625. The number of carbonyl (C=O) groups is 1. The normalized spacial score (nSPS) is 10.4. The maximum Gasteiger partial charge on any atom is 0.303 e. The first-order valence-electron chi connectivity index (χ1n) is 3.39. The van der Waals surface area contributed by atoms with Crippen LogP contribution in [0.25, 0.3) is 0 Å². The Balaban J connectivity index is 3.98. The highest BCUT2D eigenvalue weighted by atomic mass is 16.4. The Hall–Kier alpha value is -1.08. The monoisotopic (exact) mass is 156 g/mol. The van der Waals surface area contributed by atoms with Gasteiger partial charge in [0.1, 0.15) is 5.94 Å². The Labute approximate surface area is 65.7 Å². The number of hydrogen-bond acceptors (Lipinski definition) is 2. The zero-order valence-corrected chi connectivity index (χ0v) is 6.76. The quantitative estimate of drug-likeness (QED) is 0.623. The standard InChI is InChI=1S/C8H12O3/c1-8(2,4-3-5-9)6-7(10)11/h3H,4,6H2,1-2H3,(H,10,11). The molecule has 0 bridgehead atoms. The zero-order valence-electron chi connectivity index (χ0n) is 6.76. The van der Waals surface area contributed by atoms with Crippen molar-refractivity contribution >= 4 is 11.9 Å². The van der Waals surface area contributed by atoms with E-state index >= 15 is 0 Å². The van der Waals surface area contributed by atoms with E-state index in [-0.39, 0.29) is 11.8 Å². The molecule has 0 aliphatic heterocycles. The van der Waals surface area contributed by atoms with Crippen LogP contribution in [0, 0.1) is 5.41 Å². The highest BCUT2D eigenvalue weighted by molar-refractivity contribution is 5.67. The fourth-order valence-corrected chi connectivity index (χ4v) is 0.800. The van der Waals surface area contributed by atoms with Gasteiger partial charge < -0.3 is 5.11 Å². The van der Waals surface area contributed by atoms with Gasteiger partial charge in [0.2, 0.25) is 0 Å². The molecule has 3 heteroatoms. The molecule has 3 nitrogen and oxygen atoms in total. The molecule has 0 rings (SSSR count). The molecule has 0 aliphatic carbocycles. The second-order valence-corrected chi connectivity index (χ2v) is 3.26. The lowest BCUT2D eigenvalue weighted by Crippen LogP contribution is -2.15. The van der Waals surface area contributed by atoms with Gasteiger partial charge in [-0.05, 0) is 11.8 Å². The molecule has 0 aliphatic rings. The summed E-state index contributed by atoms with van der Waals surface area (Å²) in [6.07, 6.45) is 1.86. The van der Waals surface area contributed by atoms with Crippen LogP contribution >= 0.6 is 0 Å². The Morgan fingerprint density at radius 1 is 1.64 bits per heavy atom. The van der Waals surface area contributed by atoms with Crippen molar-refractivity contribution in [2.45, 2.75) is 26.7 Å². The van der Waals surface area contributed by atoms with E-state index in [0.29, 0.717) is 6.42 Å². The first kappa shape index (κ1) is 9.92. The van der Waals surface area contributed by atoms with E-state index in [1.54, 1.807) is 19.8 Å². The molecule has 0 amide bonds. The largest absolute Gasteiger partial charge is 0.481 e.